The van der Waals surface area contributed by atoms with Crippen LogP contribution in [-0.4, -0.2) is 21.1 Å². The van der Waals surface area contributed by atoms with Gasteiger partial charge in [0.25, 0.3) is 0 Å². The zero-order valence-corrected chi connectivity index (χ0v) is 17.0. The van der Waals surface area contributed by atoms with Gasteiger partial charge < -0.3 is 14.8 Å². The normalized spacial score (nSPS) is 16.1. The lowest BCUT2D eigenvalue weighted by Crippen LogP contribution is -2.44. The highest BCUT2D eigenvalue weighted by Crippen LogP contribution is 2.33. The van der Waals surface area contributed by atoms with Crippen molar-refractivity contribution in [3.63, 3.8) is 0 Å². The summed E-state index contributed by atoms with van der Waals surface area (Å²) in [5, 5.41) is 4.94. The predicted molar refractivity (Wildman–Crippen MR) is 117 cm³/mol. The molecule has 1 aromatic heterocycles. The fourth-order valence-electron chi connectivity index (χ4n) is 3.84. The number of hydrogen-bond donors (Lipinski definition) is 1. The number of nitrogens with one attached hydrogen (secondary N) is 1. The first-order chi connectivity index (χ1) is 13.0. The SMILES string of the molecule is Cc1cc(C)cc(NC(=S)N2CCn3cccc3[C@H]2c2ccc(Cl)cc2)c1. The summed E-state index contributed by atoms with van der Waals surface area (Å²) >= 11 is 11.9. The zero-order valence-electron chi connectivity index (χ0n) is 15.4. The molecule has 27 heavy (non-hydrogen) atoms. The first-order valence-electron chi connectivity index (χ1n) is 9.08. The molecule has 0 amide bonds. The average molecular weight is 396 g/mol. The Hall–Kier alpha value is -2.30. The van der Waals surface area contributed by atoms with Crippen molar-refractivity contribution < 1.29 is 0 Å². The molecule has 0 unspecified atom stereocenters. The third kappa shape index (κ3) is 3.73. The Kier molecular flexibility index (Phi) is 4.94. The van der Waals surface area contributed by atoms with Crippen molar-refractivity contribution >= 4 is 34.6 Å². The molecule has 1 aliphatic heterocycles. The minimum absolute atomic E-state index is 0.0666. The van der Waals surface area contributed by atoms with Crippen molar-refractivity contribution in [3.05, 3.63) is 88.2 Å². The molecule has 1 atom stereocenters. The van der Waals surface area contributed by atoms with Crippen LogP contribution < -0.4 is 5.32 Å². The van der Waals surface area contributed by atoms with Gasteiger partial charge in [0, 0.05) is 35.7 Å². The van der Waals surface area contributed by atoms with Gasteiger partial charge in [0.15, 0.2) is 5.11 Å². The smallest absolute Gasteiger partial charge is 0.174 e. The molecule has 1 N–H and O–H groups in total. The van der Waals surface area contributed by atoms with Crippen molar-refractivity contribution in [1.82, 2.24) is 9.47 Å². The monoisotopic (exact) mass is 395 g/mol. The van der Waals surface area contributed by atoms with Gasteiger partial charge in [0.05, 0.1) is 6.04 Å². The molecular formula is C22H22ClN3S. The number of rotatable bonds is 2. The molecule has 0 radical (unpaired) electrons. The Morgan fingerprint density at radius 1 is 1.04 bits per heavy atom. The minimum atomic E-state index is 0.0666. The fraction of sp³-hybridized carbons (Fsp3) is 0.227. The number of fused-ring (bicyclic) bond motifs is 1. The van der Waals surface area contributed by atoms with Crippen LogP contribution in [0.2, 0.25) is 5.02 Å². The van der Waals surface area contributed by atoms with Gasteiger partial charge in [0.1, 0.15) is 0 Å². The molecule has 2 aromatic carbocycles. The molecule has 0 spiro atoms. The number of aromatic nitrogens is 1. The van der Waals surface area contributed by atoms with E-state index in [0.29, 0.717) is 0 Å². The van der Waals surface area contributed by atoms with Gasteiger partial charge in [0.2, 0.25) is 0 Å². The summed E-state index contributed by atoms with van der Waals surface area (Å²) in [5.41, 5.74) is 5.91. The van der Waals surface area contributed by atoms with Crippen LogP contribution >= 0.6 is 23.8 Å². The second kappa shape index (κ2) is 7.37. The lowest BCUT2D eigenvalue weighted by atomic mass is 10.0. The number of benzene rings is 2. The molecule has 0 saturated heterocycles. The summed E-state index contributed by atoms with van der Waals surface area (Å²) in [5.74, 6) is 0. The van der Waals surface area contributed by atoms with E-state index in [-0.39, 0.29) is 6.04 Å². The predicted octanol–water partition coefficient (Wildman–Crippen LogP) is 5.56. The van der Waals surface area contributed by atoms with E-state index in [0.717, 1.165) is 28.9 Å². The lowest BCUT2D eigenvalue weighted by Gasteiger charge is -2.39. The second-order valence-corrected chi connectivity index (χ2v) is 7.90. The Labute approximate surface area is 170 Å². The molecule has 3 aromatic rings. The van der Waals surface area contributed by atoms with Crippen LogP contribution in [0.3, 0.4) is 0 Å². The highest BCUT2D eigenvalue weighted by molar-refractivity contribution is 7.80. The van der Waals surface area contributed by atoms with E-state index in [2.05, 4.69) is 77.3 Å². The zero-order chi connectivity index (χ0) is 19.0. The fourth-order valence-corrected chi connectivity index (χ4v) is 4.28. The van der Waals surface area contributed by atoms with Crippen molar-refractivity contribution in [2.24, 2.45) is 0 Å². The van der Waals surface area contributed by atoms with Crippen molar-refractivity contribution in [1.29, 1.82) is 0 Å². The largest absolute Gasteiger partial charge is 0.348 e. The molecule has 138 valence electrons. The van der Waals surface area contributed by atoms with E-state index in [1.54, 1.807) is 0 Å². The Bertz CT molecular complexity index is 957. The standard InChI is InChI=1S/C22H22ClN3S/c1-15-12-16(2)14-19(13-15)24-22(27)26-11-10-25-9-3-4-20(25)21(26)17-5-7-18(23)8-6-17/h3-9,12-14,21H,10-11H2,1-2H3,(H,24,27)/t21-/m1/s1. The third-order valence-corrected chi connectivity index (χ3v) is 5.55. The van der Waals surface area contributed by atoms with Crippen LogP contribution in [0.5, 0.6) is 0 Å². The Morgan fingerprint density at radius 3 is 2.44 bits per heavy atom. The van der Waals surface area contributed by atoms with Gasteiger partial charge in [-0.1, -0.05) is 29.8 Å². The van der Waals surface area contributed by atoms with Gasteiger partial charge in [-0.15, -0.1) is 0 Å². The molecule has 1 aliphatic rings. The summed E-state index contributed by atoms with van der Waals surface area (Å²) < 4.78 is 2.30. The van der Waals surface area contributed by atoms with E-state index in [4.69, 9.17) is 23.8 Å². The number of hydrogen-bond acceptors (Lipinski definition) is 1. The minimum Gasteiger partial charge on any atom is -0.348 e. The van der Waals surface area contributed by atoms with Gasteiger partial charge in [-0.05, 0) is 79.2 Å². The molecule has 0 aliphatic carbocycles. The molecule has 0 fully saturated rings. The topological polar surface area (TPSA) is 20.2 Å². The molecular weight excluding hydrogens is 374 g/mol. The number of thiocarbonyl (C=S) groups is 1. The van der Waals surface area contributed by atoms with Crippen molar-refractivity contribution in [2.75, 3.05) is 11.9 Å². The van der Waals surface area contributed by atoms with Crippen LogP contribution in [-0.2, 0) is 6.54 Å². The summed E-state index contributed by atoms with van der Waals surface area (Å²) in [6, 6.07) is 18.8. The lowest BCUT2D eigenvalue weighted by molar-refractivity contribution is 0.293. The van der Waals surface area contributed by atoms with Crippen molar-refractivity contribution in [2.45, 2.75) is 26.4 Å². The molecule has 0 saturated carbocycles. The second-order valence-electron chi connectivity index (χ2n) is 7.08. The van der Waals surface area contributed by atoms with E-state index >= 15 is 0 Å². The van der Waals surface area contributed by atoms with Crippen LogP contribution in [0.4, 0.5) is 5.69 Å². The van der Waals surface area contributed by atoms with Gasteiger partial charge in [-0.25, -0.2) is 0 Å². The summed E-state index contributed by atoms with van der Waals surface area (Å²) in [7, 11) is 0. The first kappa shape index (κ1) is 18.1. The Morgan fingerprint density at radius 2 is 1.74 bits per heavy atom. The highest BCUT2D eigenvalue weighted by Gasteiger charge is 2.30. The quantitative estimate of drug-likeness (QED) is 0.573. The van der Waals surface area contributed by atoms with Crippen LogP contribution in [0.25, 0.3) is 0 Å². The van der Waals surface area contributed by atoms with E-state index in [1.165, 1.54) is 22.4 Å². The average Bonchev–Trinajstić information content (AvgIpc) is 3.09. The summed E-state index contributed by atoms with van der Waals surface area (Å²) in [4.78, 5) is 2.27. The maximum Gasteiger partial charge on any atom is 0.174 e. The Balaban J connectivity index is 1.67. The maximum atomic E-state index is 6.11. The van der Waals surface area contributed by atoms with Gasteiger partial charge in [-0.3, -0.25) is 0 Å². The van der Waals surface area contributed by atoms with Crippen LogP contribution in [0.15, 0.2) is 60.8 Å². The van der Waals surface area contributed by atoms with Crippen LogP contribution in [0.1, 0.15) is 28.4 Å². The molecule has 4 rings (SSSR count). The van der Waals surface area contributed by atoms with Gasteiger partial charge >= 0.3 is 0 Å². The number of aryl methyl sites for hydroxylation is 2. The first-order valence-corrected chi connectivity index (χ1v) is 9.86. The van der Waals surface area contributed by atoms with Crippen LogP contribution in [0, 0.1) is 13.8 Å². The summed E-state index contributed by atoms with van der Waals surface area (Å²) in [6.07, 6.45) is 2.13. The highest BCUT2D eigenvalue weighted by atomic mass is 35.5. The third-order valence-electron chi connectivity index (χ3n) is 4.96. The number of halogens is 1. The molecule has 5 heteroatoms. The van der Waals surface area contributed by atoms with E-state index in [9.17, 15) is 0 Å². The molecule has 2 heterocycles. The number of anilines is 1. The molecule has 3 nitrogen and oxygen atoms in total. The van der Waals surface area contributed by atoms with Crippen molar-refractivity contribution in [3.8, 4) is 0 Å². The molecule has 0 bridgehead atoms. The maximum absolute atomic E-state index is 6.11. The summed E-state index contributed by atoms with van der Waals surface area (Å²) in [6.45, 7) is 5.98. The van der Waals surface area contributed by atoms with E-state index < -0.39 is 0 Å². The van der Waals surface area contributed by atoms with E-state index in [1.807, 2.05) is 12.1 Å². The van der Waals surface area contributed by atoms with Gasteiger partial charge in [-0.2, -0.15) is 0 Å². The number of nitrogens with zero attached hydrogens (tertiary/aromatic N) is 2.